The summed E-state index contributed by atoms with van der Waals surface area (Å²) in [6.45, 7) is 9.23. The zero-order chi connectivity index (χ0) is 17.4. The minimum absolute atomic E-state index is 0. The second-order valence-corrected chi connectivity index (χ2v) is 7.72. The molecule has 1 aliphatic heterocycles. The van der Waals surface area contributed by atoms with Gasteiger partial charge < -0.3 is 20.5 Å². The smallest absolute Gasteiger partial charge is 0.191 e. The second kappa shape index (κ2) is 11.6. The van der Waals surface area contributed by atoms with Gasteiger partial charge in [-0.3, -0.25) is 4.99 Å². The minimum Gasteiger partial charge on any atom is -0.388 e. The summed E-state index contributed by atoms with van der Waals surface area (Å²) >= 11 is 0. The average Bonchev–Trinajstić information content (AvgIpc) is 2.60. The fourth-order valence-electron chi connectivity index (χ4n) is 3.87. The van der Waals surface area contributed by atoms with E-state index in [-0.39, 0.29) is 24.0 Å². The third-order valence-electron chi connectivity index (χ3n) is 5.85. The molecule has 0 amide bonds. The number of halogens is 1. The van der Waals surface area contributed by atoms with Crippen molar-refractivity contribution in [3.8, 4) is 0 Å². The first-order valence-electron chi connectivity index (χ1n) is 9.89. The molecule has 25 heavy (non-hydrogen) atoms. The van der Waals surface area contributed by atoms with Crippen LogP contribution in [0.2, 0.25) is 0 Å². The second-order valence-electron chi connectivity index (χ2n) is 7.72. The molecule has 2 fully saturated rings. The van der Waals surface area contributed by atoms with Gasteiger partial charge in [-0.05, 0) is 25.7 Å². The maximum atomic E-state index is 10.6. The first kappa shape index (κ1) is 23.0. The molecule has 2 atom stereocenters. The number of aliphatic imine (C=N–C) groups is 1. The highest BCUT2D eigenvalue weighted by Gasteiger charge is 2.30. The summed E-state index contributed by atoms with van der Waals surface area (Å²) in [4.78, 5) is 4.67. The molecule has 2 unspecified atom stereocenters. The van der Waals surface area contributed by atoms with Gasteiger partial charge in [0.1, 0.15) is 0 Å². The molecule has 0 radical (unpaired) electrons. The number of rotatable bonds is 6. The summed E-state index contributed by atoms with van der Waals surface area (Å²) in [5.74, 6) is 2.29. The lowest BCUT2D eigenvalue weighted by Gasteiger charge is -2.33. The van der Waals surface area contributed by atoms with Crippen molar-refractivity contribution >= 4 is 29.9 Å². The maximum absolute atomic E-state index is 10.6. The van der Waals surface area contributed by atoms with Gasteiger partial charge in [-0.15, -0.1) is 24.0 Å². The van der Waals surface area contributed by atoms with Crippen LogP contribution in [0.3, 0.4) is 0 Å². The quantitative estimate of drug-likeness (QED) is 0.319. The molecule has 0 spiro atoms. The molecule has 1 saturated heterocycles. The van der Waals surface area contributed by atoms with Crippen molar-refractivity contribution in [3.05, 3.63) is 0 Å². The van der Waals surface area contributed by atoms with E-state index in [4.69, 9.17) is 4.74 Å². The van der Waals surface area contributed by atoms with Gasteiger partial charge in [0.15, 0.2) is 5.96 Å². The van der Waals surface area contributed by atoms with E-state index in [9.17, 15) is 5.11 Å². The van der Waals surface area contributed by atoms with Crippen LogP contribution in [0, 0.1) is 11.8 Å². The Balaban J connectivity index is 0.00000312. The number of hydrogen-bond donors (Lipinski definition) is 3. The Morgan fingerprint density at radius 2 is 1.84 bits per heavy atom. The fourth-order valence-corrected chi connectivity index (χ4v) is 3.87. The van der Waals surface area contributed by atoms with Crippen molar-refractivity contribution in [2.24, 2.45) is 16.8 Å². The zero-order valence-corrected chi connectivity index (χ0v) is 18.6. The lowest BCUT2D eigenvalue weighted by molar-refractivity contribution is -0.0566. The van der Waals surface area contributed by atoms with Crippen LogP contribution in [0.15, 0.2) is 4.99 Å². The number of guanidine groups is 1. The van der Waals surface area contributed by atoms with Gasteiger partial charge in [-0.2, -0.15) is 0 Å². The molecule has 3 N–H and O–H groups in total. The summed E-state index contributed by atoms with van der Waals surface area (Å²) in [6.07, 6.45) is 8.22. The van der Waals surface area contributed by atoms with E-state index in [0.717, 1.165) is 18.4 Å². The molecule has 1 aliphatic carbocycles. The van der Waals surface area contributed by atoms with Crippen LogP contribution in [0.1, 0.15) is 65.7 Å². The van der Waals surface area contributed by atoms with E-state index in [1.54, 1.807) is 0 Å². The van der Waals surface area contributed by atoms with Crippen molar-refractivity contribution in [2.75, 3.05) is 26.3 Å². The molecule has 5 nitrogen and oxygen atoms in total. The molecule has 1 heterocycles. The Morgan fingerprint density at radius 3 is 2.44 bits per heavy atom. The molecule has 0 aromatic heterocycles. The normalized spacial score (nSPS) is 24.1. The summed E-state index contributed by atoms with van der Waals surface area (Å²) in [6, 6.07) is 0.384. The van der Waals surface area contributed by atoms with Crippen molar-refractivity contribution in [1.82, 2.24) is 10.6 Å². The van der Waals surface area contributed by atoms with Gasteiger partial charge in [-0.25, -0.2) is 0 Å². The number of nitrogens with zero attached hydrogens (tertiary/aromatic N) is 1. The standard InChI is InChI=1S/C19H37N3O2.HI/c1-4-20-18(21-14-19(23)10-12-24-13-11-19)22-16(3)15(2)17-8-6-5-7-9-17;/h15-17,23H,4-14H2,1-3H3,(H2,20,21,22);1H. The van der Waals surface area contributed by atoms with Crippen LogP contribution >= 0.6 is 24.0 Å². The summed E-state index contributed by atoms with van der Waals surface area (Å²) in [5.41, 5.74) is -0.709. The van der Waals surface area contributed by atoms with E-state index < -0.39 is 5.60 Å². The highest BCUT2D eigenvalue weighted by molar-refractivity contribution is 14.0. The van der Waals surface area contributed by atoms with E-state index >= 15 is 0 Å². The molecule has 2 aliphatic rings. The van der Waals surface area contributed by atoms with Crippen LogP contribution in [0.25, 0.3) is 0 Å². The molecule has 1 saturated carbocycles. The monoisotopic (exact) mass is 467 g/mol. The molecule has 148 valence electrons. The number of nitrogens with one attached hydrogen (secondary N) is 2. The van der Waals surface area contributed by atoms with Crippen LogP contribution in [-0.2, 0) is 4.74 Å². The third-order valence-corrected chi connectivity index (χ3v) is 5.85. The summed E-state index contributed by atoms with van der Waals surface area (Å²) < 4.78 is 5.34. The van der Waals surface area contributed by atoms with Gasteiger partial charge in [0.2, 0.25) is 0 Å². The first-order chi connectivity index (χ1) is 11.5. The van der Waals surface area contributed by atoms with Gasteiger partial charge in [0.25, 0.3) is 0 Å². The molecular weight excluding hydrogens is 429 g/mol. The summed E-state index contributed by atoms with van der Waals surface area (Å²) in [5, 5.41) is 17.5. The van der Waals surface area contributed by atoms with Crippen molar-refractivity contribution in [2.45, 2.75) is 77.4 Å². The van der Waals surface area contributed by atoms with Gasteiger partial charge in [0.05, 0.1) is 12.1 Å². The number of ether oxygens (including phenoxy) is 1. The zero-order valence-electron chi connectivity index (χ0n) is 16.2. The Bertz CT molecular complexity index is 394. The minimum atomic E-state index is -0.709. The molecule has 0 aromatic carbocycles. The SMILES string of the molecule is CCNC(=NCC1(O)CCOCC1)NC(C)C(C)C1CCCCC1.I. The van der Waals surface area contributed by atoms with Gasteiger partial charge >= 0.3 is 0 Å². The first-order valence-corrected chi connectivity index (χ1v) is 9.89. The Hall–Kier alpha value is -0.0800. The molecule has 2 rings (SSSR count). The summed E-state index contributed by atoms with van der Waals surface area (Å²) in [7, 11) is 0. The average molecular weight is 467 g/mol. The Labute approximate surface area is 170 Å². The highest BCUT2D eigenvalue weighted by atomic mass is 127. The van der Waals surface area contributed by atoms with Gasteiger partial charge in [-0.1, -0.05) is 39.0 Å². The predicted molar refractivity (Wildman–Crippen MR) is 115 cm³/mol. The van der Waals surface area contributed by atoms with Crippen LogP contribution in [0.4, 0.5) is 0 Å². The third kappa shape index (κ3) is 7.59. The largest absolute Gasteiger partial charge is 0.388 e. The lowest BCUT2D eigenvalue weighted by Crippen LogP contribution is -2.47. The van der Waals surface area contributed by atoms with Gasteiger partial charge in [0, 0.05) is 38.6 Å². The van der Waals surface area contributed by atoms with Crippen LogP contribution in [-0.4, -0.2) is 49.0 Å². The Morgan fingerprint density at radius 1 is 1.20 bits per heavy atom. The van der Waals surface area contributed by atoms with Crippen molar-refractivity contribution < 1.29 is 9.84 Å². The predicted octanol–water partition coefficient (Wildman–Crippen LogP) is 3.31. The van der Waals surface area contributed by atoms with E-state index in [2.05, 4.69) is 36.4 Å². The van der Waals surface area contributed by atoms with Crippen LogP contribution in [0.5, 0.6) is 0 Å². The Kier molecular flexibility index (Phi) is 10.6. The van der Waals surface area contributed by atoms with E-state index in [1.807, 2.05) is 0 Å². The molecule has 6 heteroatoms. The van der Waals surface area contributed by atoms with E-state index in [0.29, 0.717) is 44.6 Å². The van der Waals surface area contributed by atoms with E-state index in [1.165, 1.54) is 32.1 Å². The number of hydrogen-bond acceptors (Lipinski definition) is 3. The van der Waals surface area contributed by atoms with Crippen LogP contribution < -0.4 is 10.6 Å². The molecule has 0 aromatic rings. The topological polar surface area (TPSA) is 65.9 Å². The highest BCUT2D eigenvalue weighted by Crippen LogP contribution is 2.31. The fraction of sp³-hybridized carbons (Fsp3) is 0.947. The van der Waals surface area contributed by atoms with Crippen molar-refractivity contribution in [3.63, 3.8) is 0 Å². The molecule has 0 bridgehead atoms. The van der Waals surface area contributed by atoms with Crippen molar-refractivity contribution in [1.29, 1.82) is 0 Å². The maximum Gasteiger partial charge on any atom is 0.191 e. The molecular formula is C19H38IN3O2. The number of aliphatic hydroxyl groups is 1. The lowest BCUT2D eigenvalue weighted by atomic mass is 9.78.